The average Bonchev–Trinajstić information content (AvgIpc) is 2.19. The fraction of sp³-hybridized carbons (Fsp3) is 0.364. The van der Waals surface area contributed by atoms with Crippen molar-refractivity contribution < 1.29 is 56.2 Å². The minimum absolute atomic E-state index is 0. The minimum atomic E-state index is 0. The van der Waals surface area contributed by atoms with Gasteiger partial charge in [0.2, 0.25) is 0 Å². The number of hydrogen-bond donors (Lipinski definition) is 0. The largest absolute Gasteiger partial charge is 1.00 e. The summed E-state index contributed by atoms with van der Waals surface area (Å²) in [6.45, 7) is 0.817. The smallest absolute Gasteiger partial charge is 0.684 e. The monoisotopic (exact) mass is 215 g/mol. The van der Waals surface area contributed by atoms with E-state index in [1.165, 1.54) is 0 Å². The molecule has 0 spiro atoms. The molecule has 14 heavy (non-hydrogen) atoms. The second-order valence-corrected chi connectivity index (χ2v) is 2.88. The number of para-hydroxylation sites is 1. The Labute approximate surface area is 128 Å². The molecule has 0 bridgehead atoms. The van der Waals surface area contributed by atoms with E-state index in [1.807, 2.05) is 30.3 Å². The van der Waals surface area contributed by atoms with Gasteiger partial charge in [0, 0.05) is 6.42 Å². The van der Waals surface area contributed by atoms with Gasteiger partial charge in [-0.15, -0.1) is 12.2 Å². The van der Waals surface area contributed by atoms with Crippen LogP contribution in [0.15, 0.2) is 30.3 Å². The number of hydrogen-bond acceptors (Lipinski definition) is 1. The number of rotatable bonds is 6. The molecule has 0 radical (unpaired) electrons. The van der Waals surface area contributed by atoms with Crippen LogP contribution < -0.4 is 51.4 Å². The molecular weight excluding hydrogens is 201 g/mol. The standard InChI is InChI=1S/C11H14NO.K/c13-10-6-2-5-9-12-11-7-3-1-4-8-11;/h1,3-4,7-8,10H,2,5-6,9H2;/q-1;+1. The summed E-state index contributed by atoms with van der Waals surface area (Å²) in [6, 6.07) is 9.90. The van der Waals surface area contributed by atoms with Crippen molar-refractivity contribution in [3.05, 3.63) is 35.6 Å². The molecule has 0 heterocycles. The second-order valence-electron chi connectivity index (χ2n) is 2.88. The summed E-state index contributed by atoms with van der Waals surface area (Å²) in [7, 11) is 0. The third kappa shape index (κ3) is 6.73. The summed E-state index contributed by atoms with van der Waals surface area (Å²) in [5.41, 5.74) is 1.02. The molecule has 70 valence electrons. The molecule has 2 nitrogen and oxygen atoms in total. The van der Waals surface area contributed by atoms with Crippen molar-refractivity contribution in [2.45, 2.75) is 19.3 Å². The Hall–Kier alpha value is 0.326. The maximum Gasteiger partial charge on any atom is 1.00 e. The maximum atomic E-state index is 10.0. The van der Waals surface area contributed by atoms with Crippen molar-refractivity contribution in [2.75, 3.05) is 6.54 Å². The van der Waals surface area contributed by atoms with Crippen molar-refractivity contribution >= 4 is 12.0 Å². The summed E-state index contributed by atoms with van der Waals surface area (Å²) in [5, 5.41) is 4.36. The van der Waals surface area contributed by atoms with Crippen LogP contribution in [-0.2, 0) is 4.79 Å². The summed E-state index contributed by atoms with van der Waals surface area (Å²) in [4.78, 5) is 10.0. The normalized spacial score (nSPS) is 8.86. The molecule has 1 aromatic carbocycles. The third-order valence-corrected chi connectivity index (χ3v) is 1.78. The second kappa shape index (κ2) is 9.87. The van der Waals surface area contributed by atoms with E-state index in [9.17, 15) is 4.79 Å². The summed E-state index contributed by atoms with van der Waals surface area (Å²) >= 11 is 0. The molecular formula is C11H14KNO. The van der Waals surface area contributed by atoms with E-state index in [0.717, 1.165) is 31.4 Å². The van der Waals surface area contributed by atoms with Crippen LogP contribution in [0.5, 0.6) is 0 Å². The first-order chi connectivity index (χ1) is 6.43. The van der Waals surface area contributed by atoms with Crippen molar-refractivity contribution in [3.63, 3.8) is 0 Å². The number of unbranched alkanes of at least 4 members (excludes halogenated alkanes) is 2. The van der Waals surface area contributed by atoms with E-state index >= 15 is 0 Å². The van der Waals surface area contributed by atoms with Gasteiger partial charge in [-0.1, -0.05) is 36.8 Å². The number of nitrogens with zero attached hydrogens (tertiary/aromatic N) is 1. The molecule has 0 aliphatic carbocycles. The van der Waals surface area contributed by atoms with Gasteiger partial charge in [-0.05, 0) is 6.42 Å². The maximum absolute atomic E-state index is 10.0. The van der Waals surface area contributed by atoms with Crippen LogP contribution in [0.2, 0.25) is 0 Å². The van der Waals surface area contributed by atoms with Gasteiger partial charge < -0.3 is 10.1 Å². The van der Waals surface area contributed by atoms with E-state index in [1.54, 1.807) is 0 Å². The van der Waals surface area contributed by atoms with Crippen LogP contribution in [0, 0.1) is 0 Å². The Morgan fingerprint density at radius 1 is 1.14 bits per heavy atom. The number of benzene rings is 1. The fourth-order valence-electron chi connectivity index (χ4n) is 1.08. The van der Waals surface area contributed by atoms with E-state index in [2.05, 4.69) is 5.32 Å². The molecule has 0 N–H and O–H groups in total. The predicted molar refractivity (Wildman–Crippen MR) is 54.2 cm³/mol. The first-order valence-electron chi connectivity index (χ1n) is 4.59. The van der Waals surface area contributed by atoms with Crippen molar-refractivity contribution in [2.24, 2.45) is 0 Å². The molecule has 3 heteroatoms. The van der Waals surface area contributed by atoms with Crippen molar-refractivity contribution in [3.8, 4) is 0 Å². The van der Waals surface area contributed by atoms with Crippen LogP contribution in [0.25, 0.3) is 5.32 Å². The van der Waals surface area contributed by atoms with Gasteiger partial charge >= 0.3 is 51.4 Å². The van der Waals surface area contributed by atoms with Gasteiger partial charge in [-0.2, -0.15) is 0 Å². The van der Waals surface area contributed by atoms with Gasteiger partial charge in [0.25, 0.3) is 0 Å². The molecule has 0 amide bonds. The molecule has 0 aliphatic rings. The summed E-state index contributed by atoms with van der Waals surface area (Å²) < 4.78 is 0. The molecule has 0 aromatic heterocycles. The van der Waals surface area contributed by atoms with Crippen molar-refractivity contribution in [1.29, 1.82) is 0 Å². The third-order valence-electron chi connectivity index (χ3n) is 1.78. The number of aldehydes is 1. The van der Waals surface area contributed by atoms with Gasteiger partial charge in [0.1, 0.15) is 6.29 Å². The zero-order valence-electron chi connectivity index (χ0n) is 8.65. The molecule has 0 unspecified atom stereocenters. The zero-order valence-corrected chi connectivity index (χ0v) is 11.8. The zero-order chi connectivity index (χ0) is 9.36. The number of carbonyl (C=O) groups excluding carboxylic acids is 1. The van der Waals surface area contributed by atoms with Gasteiger partial charge in [0.05, 0.1) is 0 Å². The Bertz CT molecular complexity index is 238. The SMILES string of the molecule is O=CCCCC[N-]c1ccccc1.[K+]. The van der Waals surface area contributed by atoms with Crippen LogP contribution in [0.4, 0.5) is 5.69 Å². The number of carbonyl (C=O) groups is 1. The van der Waals surface area contributed by atoms with E-state index in [-0.39, 0.29) is 51.4 Å². The average molecular weight is 215 g/mol. The van der Waals surface area contributed by atoms with Crippen LogP contribution >= 0.6 is 0 Å². The molecule has 1 aromatic rings. The Kier molecular flexibility index (Phi) is 10.1. The first kappa shape index (κ1) is 14.3. The summed E-state index contributed by atoms with van der Waals surface area (Å²) in [5.74, 6) is 0. The van der Waals surface area contributed by atoms with Gasteiger partial charge in [-0.25, -0.2) is 0 Å². The van der Waals surface area contributed by atoms with Gasteiger partial charge in [-0.3, -0.25) is 0 Å². The first-order valence-corrected chi connectivity index (χ1v) is 4.59. The molecule has 0 fully saturated rings. The van der Waals surface area contributed by atoms with E-state index in [4.69, 9.17) is 0 Å². The van der Waals surface area contributed by atoms with Gasteiger partial charge in [0.15, 0.2) is 0 Å². The predicted octanol–water partition coefficient (Wildman–Crippen LogP) is 0.0650. The fourth-order valence-corrected chi connectivity index (χ4v) is 1.08. The van der Waals surface area contributed by atoms with Crippen molar-refractivity contribution in [1.82, 2.24) is 0 Å². The minimum Gasteiger partial charge on any atom is -0.684 e. The topological polar surface area (TPSA) is 31.2 Å². The molecule has 0 saturated heterocycles. The van der Waals surface area contributed by atoms with Crippen LogP contribution in [0.3, 0.4) is 0 Å². The van der Waals surface area contributed by atoms with E-state index < -0.39 is 0 Å². The molecule has 0 atom stereocenters. The molecule has 0 aliphatic heterocycles. The Morgan fingerprint density at radius 2 is 1.86 bits per heavy atom. The summed E-state index contributed by atoms with van der Waals surface area (Å²) in [6.07, 6.45) is 3.56. The Balaban J connectivity index is 0.00000169. The molecule has 0 saturated carbocycles. The Morgan fingerprint density at radius 3 is 2.50 bits per heavy atom. The van der Waals surface area contributed by atoms with Crippen LogP contribution in [-0.4, -0.2) is 12.8 Å². The van der Waals surface area contributed by atoms with Crippen LogP contribution in [0.1, 0.15) is 19.3 Å². The molecule has 1 rings (SSSR count). The van der Waals surface area contributed by atoms with E-state index in [0.29, 0.717) is 6.42 Å². The quantitative estimate of drug-likeness (QED) is 0.375.